The summed E-state index contributed by atoms with van der Waals surface area (Å²) >= 11 is 0. The Morgan fingerprint density at radius 3 is 1.96 bits per heavy atom. The average molecular weight is 298 g/mol. The second-order valence-electron chi connectivity index (χ2n) is 5.48. The van der Waals surface area contributed by atoms with E-state index in [9.17, 15) is 4.79 Å². The molecule has 3 aromatic rings. The number of ketones is 1. The van der Waals surface area contributed by atoms with Crippen molar-refractivity contribution in [2.75, 3.05) is 0 Å². The lowest BCUT2D eigenvalue weighted by atomic mass is 9.93. The number of Topliss-reactive ketones (excluding diaryl/α,β-unsaturated/α-hetero) is 1. The molecular formula is C22H18O. The number of benzene rings is 3. The summed E-state index contributed by atoms with van der Waals surface area (Å²) in [5.74, 6) is 0.0538. The van der Waals surface area contributed by atoms with Gasteiger partial charge in [-0.2, -0.15) is 0 Å². The highest BCUT2D eigenvalue weighted by molar-refractivity contribution is 6.32. The smallest absolute Gasteiger partial charge is 0.193 e. The molecule has 1 nitrogen and oxygen atoms in total. The molecule has 0 bridgehead atoms. The van der Waals surface area contributed by atoms with Crippen molar-refractivity contribution in [3.8, 4) is 0 Å². The van der Waals surface area contributed by atoms with E-state index in [2.05, 4.69) is 0 Å². The largest absolute Gasteiger partial charge is 0.289 e. The number of carbonyl (C=O) groups excluding carboxylic acids is 1. The molecule has 0 amide bonds. The van der Waals surface area contributed by atoms with Crippen molar-refractivity contribution < 1.29 is 4.79 Å². The van der Waals surface area contributed by atoms with Gasteiger partial charge in [0.2, 0.25) is 0 Å². The molecule has 0 aliphatic rings. The van der Waals surface area contributed by atoms with Crippen LogP contribution in [0.15, 0.2) is 84.9 Å². The normalized spacial score (nSPS) is 11.3. The first-order chi connectivity index (χ1) is 11.3. The number of rotatable bonds is 4. The van der Waals surface area contributed by atoms with Crippen LogP contribution in [0, 0.1) is 6.92 Å². The standard InChI is InChI=1S/C22H18O/c1-17-10-8-9-15-20(17)22(23)21(19-13-6-3-7-14-19)16-18-11-4-2-5-12-18/h2-16H,1H3/b21-16+. The molecule has 0 aromatic heterocycles. The van der Waals surface area contributed by atoms with Crippen molar-refractivity contribution in [2.45, 2.75) is 6.92 Å². The van der Waals surface area contributed by atoms with Crippen LogP contribution in [0.3, 0.4) is 0 Å². The second kappa shape index (κ2) is 6.89. The van der Waals surface area contributed by atoms with E-state index in [1.54, 1.807) is 0 Å². The Bertz CT molecular complexity index is 830. The summed E-state index contributed by atoms with van der Waals surface area (Å²) in [6, 6.07) is 27.5. The first-order valence-corrected chi connectivity index (χ1v) is 7.68. The summed E-state index contributed by atoms with van der Waals surface area (Å²) in [5.41, 5.74) is 4.41. The second-order valence-corrected chi connectivity index (χ2v) is 5.48. The first-order valence-electron chi connectivity index (χ1n) is 7.68. The zero-order chi connectivity index (χ0) is 16.1. The van der Waals surface area contributed by atoms with Crippen LogP contribution in [0.5, 0.6) is 0 Å². The highest BCUT2D eigenvalue weighted by atomic mass is 16.1. The van der Waals surface area contributed by atoms with Gasteiger partial charge in [0.05, 0.1) is 0 Å². The van der Waals surface area contributed by atoms with Gasteiger partial charge < -0.3 is 0 Å². The highest BCUT2D eigenvalue weighted by Gasteiger charge is 2.16. The van der Waals surface area contributed by atoms with Gasteiger partial charge in [-0.1, -0.05) is 84.9 Å². The molecule has 0 aliphatic heterocycles. The summed E-state index contributed by atoms with van der Waals surface area (Å²) in [6.07, 6.45) is 1.96. The fraction of sp³-hybridized carbons (Fsp3) is 0.0455. The maximum Gasteiger partial charge on any atom is 0.193 e. The van der Waals surface area contributed by atoms with Crippen molar-refractivity contribution in [1.29, 1.82) is 0 Å². The van der Waals surface area contributed by atoms with Gasteiger partial charge in [0.15, 0.2) is 5.78 Å². The number of hydrogen-bond acceptors (Lipinski definition) is 1. The lowest BCUT2D eigenvalue weighted by molar-refractivity contribution is 0.105. The Hall–Kier alpha value is -2.93. The lowest BCUT2D eigenvalue weighted by Crippen LogP contribution is -2.05. The Labute approximate surface area is 136 Å². The molecule has 0 fully saturated rings. The van der Waals surface area contributed by atoms with Crippen molar-refractivity contribution in [2.24, 2.45) is 0 Å². The minimum Gasteiger partial charge on any atom is -0.289 e. The molecule has 0 N–H and O–H groups in total. The van der Waals surface area contributed by atoms with Crippen LogP contribution < -0.4 is 0 Å². The van der Waals surface area contributed by atoms with Crippen molar-refractivity contribution in [1.82, 2.24) is 0 Å². The Kier molecular flexibility index (Phi) is 4.49. The minimum atomic E-state index is 0.0538. The summed E-state index contributed by atoms with van der Waals surface area (Å²) in [6.45, 7) is 1.97. The van der Waals surface area contributed by atoms with Gasteiger partial charge >= 0.3 is 0 Å². The molecule has 3 rings (SSSR count). The SMILES string of the molecule is Cc1ccccc1C(=O)/C(=C/c1ccccc1)c1ccccc1. The van der Waals surface area contributed by atoms with Crippen LogP contribution in [-0.2, 0) is 0 Å². The van der Waals surface area contributed by atoms with Gasteiger partial charge in [-0.25, -0.2) is 0 Å². The van der Waals surface area contributed by atoms with Crippen molar-refractivity contribution >= 4 is 17.4 Å². The zero-order valence-corrected chi connectivity index (χ0v) is 13.1. The molecule has 0 spiro atoms. The van der Waals surface area contributed by atoms with E-state index >= 15 is 0 Å². The molecule has 0 radical (unpaired) electrons. The minimum absolute atomic E-state index is 0.0538. The summed E-state index contributed by atoms with van der Waals surface area (Å²) in [5, 5.41) is 0. The number of aryl methyl sites for hydroxylation is 1. The van der Waals surface area contributed by atoms with E-state index in [0.29, 0.717) is 5.57 Å². The number of hydrogen-bond donors (Lipinski definition) is 0. The summed E-state index contributed by atoms with van der Waals surface area (Å²) < 4.78 is 0. The average Bonchev–Trinajstić information content (AvgIpc) is 2.61. The van der Waals surface area contributed by atoms with Gasteiger partial charge in [-0.05, 0) is 29.7 Å². The van der Waals surface area contributed by atoms with Gasteiger partial charge in [0.1, 0.15) is 0 Å². The van der Waals surface area contributed by atoms with Gasteiger partial charge in [-0.3, -0.25) is 4.79 Å². The molecule has 0 unspecified atom stereocenters. The predicted molar refractivity (Wildman–Crippen MR) is 96.3 cm³/mol. The number of allylic oxidation sites excluding steroid dienone is 1. The molecule has 0 saturated heterocycles. The molecule has 0 atom stereocenters. The fourth-order valence-corrected chi connectivity index (χ4v) is 2.59. The van der Waals surface area contributed by atoms with Crippen LogP contribution in [-0.4, -0.2) is 5.78 Å². The third kappa shape index (κ3) is 3.46. The van der Waals surface area contributed by atoms with E-state index in [1.807, 2.05) is 97.9 Å². The van der Waals surface area contributed by atoms with Crippen LogP contribution >= 0.6 is 0 Å². The van der Waals surface area contributed by atoms with Crippen molar-refractivity contribution in [3.63, 3.8) is 0 Å². The van der Waals surface area contributed by atoms with Crippen LogP contribution in [0.1, 0.15) is 27.0 Å². The summed E-state index contributed by atoms with van der Waals surface area (Å²) in [7, 11) is 0. The molecule has 0 aliphatic carbocycles. The molecule has 23 heavy (non-hydrogen) atoms. The Balaban J connectivity index is 2.11. The summed E-state index contributed by atoms with van der Waals surface area (Å²) in [4.78, 5) is 13.1. The fourth-order valence-electron chi connectivity index (χ4n) is 2.59. The molecule has 1 heteroatoms. The molecule has 3 aromatic carbocycles. The third-order valence-electron chi connectivity index (χ3n) is 3.83. The molecule has 0 saturated carbocycles. The van der Waals surface area contributed by atoms with Crippen LogP contribution in [0.25, 0.3) is 11.6 Å². The van der Waals surface area contributed by atoms with Gasteiger partial charge in [0.25, 0.3) is 0 Å². The van der Waals surface area contributed by atoms with E-state index in [1.165, 1.54) is 0 Å². The monoisotopic (exact) mass is 298 g/mol. The number of carbonyl (C=O) groups is 1. The van der Waals surface area contributed by atoms with E-state index in [4.69, 9.17) is 0 Å². The van der Waals surface area contributed by atoms with Gasteiger partial charge in [-0.15, -0.1) is 0 Å². The Morgan fingerprint density at radius 1 is 0.739 bits per heavy atom. The third-order valence-corrected chi connectivity index (χ3v) is 3.83. The predicted octanol–water partition coefficient (Wildman–Crippen LogP) is 5.42. The Morgan fingerprint density at radius 2 is 1.30 bits per heavy atom. The zero-order valence-electron chi connectivity index (χ0n) is 13.1. The van der Waals surface area contributed by atoms with Gasteiger partial charge in [0, 0.05) is 11.1 Å². The molecule has 112 valence electrons. The molecular weight excluding hydrogens is 280 g/mol. The topological polar surface area (TPSA) is 17.1 Å². The maximum atomic E-state index is 13.1. The lowest BCUT2D eigenvalue weighted by Gasteiger charge is -2.10. The van der Waals surface area contributed by atoms with Crippen LogP contribution in [0.4, 0.5) is 0 Å². The van der Waals surface area contributed by atoms with E-state index in [0.717, 1.165) is 22.3 Å². The van der Waals surface area contributed by atoms with E-state index < -0.39 is 0 Å². The van der Waals surface area contributed by atoms with E-state index in [-0.39, 0.29) is 5.78 Å². The maximum absolute atomic E-state index is 13.1. The van der Waals surface area contributed by atoms with Crippen LogP contribution in [0.2, 0.25) is 0 Å². The van der Waals surface area contributed by atoms with Crippen molar-refractivity contribution in [3.05, 3.63) is 107 Å². The highest BCUT2D eigenvalue weighted by Crippen LogP contribution is 2.24. The first kappa shape index (κ1) is 15.0. The molecule has 0 heterocycles. The quantitative estimate of drug-likeness (QED) is 0.357.